The molecule has 2 aromatic heterocycles. The van der Waals surface area contributed by atoms with E-state index in [-0.39, 0.29) is 0 Å². The Kier molecular flexibility index (Phi) is 8.47. The molecule has 0 unspecified atom stereocenters. The first-order valence-corrected chi connectivity index (χ1v) is 18.8. The summed E-state index contributed by atoms with van der Waals surface area (Å²) in [5, 5.41) is 3.45. The lowest BCUT2D eigenvalue weighted by atomic mass is 9.91. The van der Waals surface area contributed by atoms with E-state index < -0.39 is 0 Å². The highest BCUT2D eigenvalue weighted by atomic mass is 15.0. The van der Waals surface area contributed by atoms with Crippen LogP contribution >= 0.6 is 0 Å². The van der Waals surface area contributed by atoms with Crippen molar-refractivity contribution in [3.8, 4) is 78.8 Å². The van der Waals surface area contributed by atoms with Crippen LogP contribution in [0.25, 0.3) is 100 Å². The topological polar surface area (TPSA) is 51.6 Å². The number of benzene rings is 8. The van der Waals surface area contributed by atoms with E-state index in [1.807, 2.05) is 60.7 Å². The maximum atomic E-state index is 5.41. The third-order valence-corrected chi connectivity index (χ3v) is 10.3. The van der Waals surface area contributed by atoms with Gasteiger partial charge in [-0.25, -0.2) is 19.9 Å². The van der Waals surface area contributed by atoms with Crippen molar-refractivity contribution in [2.24, 2.45) is 0 Å². The zero-order valence-corrected chi connectivity index (χ0v) is 30.4. The number of aromatic nitrogens is 4. The summed E-state index contributed by atoms with van der Waals surface area (Å²) >= 11 is 0. The minimum atomic E-state index is 0.632. The van der Waals surface area contributed by atoms with Gasteiger partial charge in [0.25, 0.3) is 0 Å². The molecule has 4 heteroatoms. The van der Waals surface area contributed by atoms with Gasteiger partial charge >= 0.3 is 0 Å². The molecule has 0 atom stereocenters. The van der Waals surface area contributed by atoms with Gasteiger partial charge in [0.1, 0.15) is 0 Å². The van der Waals surface area contributed by atoms with Crippen molar-refractivity contribution in [2.75, 3.05) is 0 Å². The second-order valence-electron chi connectivity index (χ2n) is 13.8. The van der Waals surface area contributed by atoms with Crippen LogP contribution in [0, 0.1) is 0 Å². The molecule has 0 N–H and O–H groups in total. The molecule has 0 radical (unpaired) electrons. The molecular weight excluding hydrogens is 681 g/mol. The summed E-state index contributed by atoms with van der Waals surface area (Å²) in [6.45, 7) is 0. The van der Waals surface area contributed by atoms with Crippen molar-refractivity contribution in [2.45, 2.75) is 0 Å². The number of rotatable bonds is 7. The van der Waals surface area contributed by atoms with Gasteiger partial charge in [-0.3, -0.25) is 0 Å². The molecule has 10 rings (SSSR count). The van der Waals surface area contributed by atoms with Gasteiger partial charge in [-0.1, -0.05) is 200 Å². The SMILES string of the molecule is c1ccc(-c2ccc(-c3nc4cc(-c5ccc(-c6nc(-c7ccccc7)nc(-c7ccccc7)n6)cc5)ccc4c4c(-c5ccccc5)cccc34)cc2)cc1. The van der Waals surface area contributed by atoms with Crippen LogP contribution in [0.1, 0.15) is 0 Å². The summed E-state index contributed by atoms with van der Waals surface area (Å²) < 4.78 is 0. The molecule has 0 aliphatic heterocycles. The first-order chi connectivity index (χ1) is 27.7. The minimum absolute atomic E-state index is 0.632. The smallest absolute Gasteiger partial charge is 0.164 e. The Morgan fingerprint density at radius 2 is 0.661 bits per heavy atom. The van der Waals surface area contributed by atoms with Crippen molar-refractivity contribution in [3.05, 3.63) is 206 Å². The highest BCUT2D eigenvalue weighted by Gasteiger charge is 2.17. The van der Waals surface area contributed by atoms with E-state index in [0.717, 1.165) is 55.4 Å². The van der Waals surface area contributed by atoms with Crippen LogP contribution in [0.3, 0.4) is 0 Å². The summed E-state index contributed by atoms with van der Waals surface area (Å²) in [6, 6.07) is 71.8. The maximum Gasteiger partial charge on any atom is 0.164 e. The molecule has 56 heavy (non-hydrogen) atoms. The van der Waals surface area contributed by atoms with Crippen molar-refractivity contribution < 1.29 is 0 Å². The third kappa shape index (κ3) is 6.29. The number of nitrogens with zero attached hydrogens (tertiary/aromatic N) is 4. The summed E-state index contributed by atoms with van der Waals surface area (Å²) in [4.78, 5) is 20.1. The van der Waals surface area contributed by atoms with Crippen LogP contribution in [-0.2, 0) is 0 Å². The fraction of sp³-hybridized carbons (Fsp3) is 0. The molecule has 0 saturated carbocycles. The van der Waals surface area contributed by atoms with Gasteiger partial charge in [0, 0.05) is 38.4 Å². The molecule has 0 amide bonds. The predicted molar refractivity (Wildman–Crippen MR) is 231 cm³/mol. The summed E-state index contributed by atoms with van der Waals surface area (Å²) in [6.07, 6.45) is 0. The van der Waals surface area contributed by atoms with Gasteiger partial charge in [-0.15, -0.1) is 0 Å². The second-order valence-corrected chi connectivity index (χ2v) is 13.8. The van der Waals surface area contributed by atoms with E-state index in [4.69, 9.17) is 19.9 Å². The van der Waals surface area contributed by atoms with Crippen LogP contribution < -0.4 is 0 Å². The Labute approximate surface area is 325 Å². The average molecular weight is 715 g/mol. The minimum Gasteiger partial charge on any atom is -0.247 e. The highest BCUT2D eigenvalue weighted by Crippen LogP contribution is 2.40. The Bertz CT molecular complexity index is 2910. The summed E-state index contributed by atoms with van der Waals surface area (Å²) in [7, 11) is 0. The lowest BCUT2D eigenvalue weighted by molar-refractivity contribution is 1.07. The lowest BCUT2D eigenvalue weighted by Gasteiger charge is -2.15. The van der Waals surface area contributed by atoms with Gasteiger partial charge in [-0.05, 0) is 39.4 Å². The molecule has 262 valence electrons. The van der Waals surface area contributed by atoms with E-state index in [1.165, 1.54) is 27.6 Å². The van der Waals surface area contributed by atoms with Crippen LogP contribution in [0.4, 0.5) is 0 Å². The number of hydrogen-bond acceptors (Lipinski definition) is 4. The fourth-order valence-corrected chi connectivity index (χ4v) is 7.51. The molecule has 0 spiro atoms. The highest BCUT2D eigenvalue weighted by molar-refractivity contribution is 6.17. The van der Waals surface area contributed by atoms with Crippen LogP contribution in [0.2, 0.25) is 0 Å². The lowest BCUT2D eigenvalue weighted by Crippen LogP contribution is -2.00. The fourth-order valence-electron chi connectivity index (χ4n) is 7.51. The maximum absolute atomic E-state index is 5.41. The Morgan fingerprint density at radius 1 is 0.250 bits per heavy atom. The molecule has 10 aromatic rings. The number of pyridine rings is 1. The van der Waals surface area contributed by atoms with Gasteiger partial charge in [-0.2, -0.15) is 0 Å². The summed E-state index contributed by atoms with van der Waals surface area (Å²) in [5.74, 6) is 1.92. The normalized spacial score (nSPS) is 11.2. The van der Waals surface area contributed by atoms with Gasteiger partial charge in [0.05, 0.1) is 11.2 Å². The van der Waals surface area contributed by atoms with Gasteiger partial charge in [0.15, 0.2) is 17.5 Å². The van der Waals surface area contributed by atoms with Crippen LogP contribution in [0.15, 0.2) is 206 Å². The number of fused-ring (bicyclic) bond motifs is 3. The first-order valence-electron chi connectivity index (χ1n) is 18.8. The molecule has 2 heterocycles. The average Bonchev–Trinajstić information content (AvgIpc) is 3.29. The Morgan fingerprint density at radius 3 is 1.21 bits per heavy atom. The van der Waals surface area contributed by atoms with Crippen molar-refractivity contribution >= 4 is 21.7 Å². The third-order valence-electron chi connectivity index (χ3n) is 10.3. The first kappa shape index (κ1) is 33.0. The quantitative estimate of drug-likeness (QED) is 0.154. The molecule has 0 saturated heterocycles. The largest absolute Gasteiger partial charge is 0.247 e. The molecular formula is C52H34N4. The standard InChI is InChI=1S/C52H34N4/c1-5-14-35(15-6-1)36-24-28-39(29-25-36)49-46-23-13-22-44(38-16-7-2-8-17-38)48(46)45-33-32-43(34-47(45)53-49)37-26-30-42(31-27-37)52-55-50(40-18-9-3-10-19-40)54-51(56-52)41-20-11-4-12-21-41/h1-34H. The van der Waals surface area contributed by atoms with E-state index >= 15 is 0 Å². The zero-order chi connectivity index (χ0) is 37.3. The van der Waals surface area contributed by atoms with E-state index in [0.29, 0.717) is 17.5 Å². The molecule has 0 aliphatic carbocycles. The Hall–Kier alpha value is -7.56. The predicted octanol–water partition coefficient (Wildman–Crippen LogP) is 13.2. The van der Waals surface area contributed by atoms with Crippen molar-refractivity contribution in [1.82, 2.24) is 19.9 Å². The van der Waals surface area contributed by atoms with E-state index in [9.17, 15) is 0 Å². The second kappa shape index (κ2) is 14.3. The molecule has 0 bridgehead atoms. The van der Waals surface area contributed by atoms with Crippen LogP contribution in [-0.4, -0.2) is 19.9 Å². The monoisotopic (exact) mass is 714 g/mol. The Balaban J connectivity index is 1.08. The van der Waals surface area contributed by atoms with Crippen molar-refractivity contribution in [1.29, 1.82) is 0 Å². The molecule has 0 fully saturated rings. The van der Waals surface area contributed by atoms with Gasteiger partial charge in [0.2, 0.25) is 0 Å². The van der Waals surface area contributed by atoms with Crippen molar-refractivity contribution in [3.63, 3.8) is 0 Å². The summed E-state index contributed by atoms with van der Waals surface area (Å²) in [5.41, 5.74) is 12.7. The molecule has 8 aromatic carbocycles. The van der Waals surface area contributed by atoms with Crippen LogP contribution in [0.5, 0.6) is 0 Å². The zero-order valence-electron chi connectivity index (χ0n) is 30.4. The van der Waals surface area contributed by atoms with E-state index in [1.54, 1.807) is 0 Å². The van der Waals surface area contributed by atoms with E-state index in [2.05, 4.69) is 146 Å². The number of hydrogen-bond donors (Lipinski definition) is 0. The van der Waals surface area contributed by atoms with Gasteiger partial charge < -0.3 is 0 Å². The molecule has 4 nitrogen and oxygen atoms in total. The molecule has 0 aliphatic rings.